The van der Waals surface area contributed by atoms with Gasteiger partial charge in [-0.15, -0.1) is 0 Å². The summed E-state index contributed by atoms with van der Waals surface area (Å²) < 4.78 is 23.2. The fourth-order valence-electron chi connectivity index (χ4n) is 4.16. The maximum atomic E-state index is 12.2. The molecular weight excluding hydrogens is 340 g/mol. The molecule has 3 rings (SSSR count). The van der Waals surface area contributed by atoms with E-state index < -0.39 is 23.6 Å². The first-order valence-electron chi connectivity index (χ1n) is 9.19. The Balaban J connectivity index is 2.01. The van der Waals surface area contributed by atoms with Gasteiger partial charge in [0, 0.05) is 31.4 Å². The minimum absolute atomic E-state index is 0.173. The second-order valence-corrected chi connectivity index (χ2v) is 8.02. The van der Waals surface area contributed by atoms with Gasteiger partial charge in [0.25, 0.3) is 0 Å². The van der Waals surface area contributed by atoms with Crippen LogP contribution in [0.2, 0.25) is 0 Å². The maximum Gasteiger partial charge on any atom is 0.308 e. The number of carbonyl (C=O) groups is 2. The number of ether oxygens (including phenoxy) is 4. The number of carbonyl (C=O) groups excluding carboxylic acids is 2. The van der Waals surface area contributed by atoms with Crippen LogP contribution in [0.1, 0.15) is 46.5 Å². The monoisotopic (exact) mass is 368 g/mol. The summed E-state index contributed by atoms with van der Waals surface area (Å²) in [4.78, 5) is 24.2. The van der Waals surface area contributed by atoms with Crippen molar-refractivity contribution in [2.24, 2.45) is 11.8 Å². The Morgan fingerprint density at radius 3 is 2.77 bits per heavy atom. The highest BCUT2D eigenvalue weighted by Crippen LogP contribution is 2.48. The van der Waals surface area contributed by atoms with Crippen molar-refractivity contribution in [3.05, 3.63) is 11.6 Å². The number of methoxy groups -OCH3 is 1. The minimum atomic E-state index is -1.04. The molecule has 3 aliphatic heterocycles. The van der Waals surface area contributed by atoms with Crippen molar-refractivity contribution in [2.45, 2.75) is 70.1 Å². The zero-order valence-corrected chi connectivity index (χ0v) is 15.8. The van der Waals surface area contributed by atoms with Crippen LogP contribution in [-0.2, 0) is 28.5 Å². The number of fused-ring (bicyclic) bond motifs is 3. The van der Waals surface area contributed by atoms with Crippen LogP contribution in [0.3, 0.4) is 0 Å². The van der Waals surface area contributed by atoms with E-state index in [1.807, 2.05) is 6.92 Å². The molecule has 1 N–H and O–H groups in total. The number of aliphatic hydroxyl groups excluding tert-OH is 1. The Kier molecular flexibility index (Phi) is 5.16. The molecule has 2 fully saturated rings. The van der Waals surface area contributed by atoms with E-state index in [1.54, 1.807) is 27.0 Å². The average molecular weight is 368 g/mol. The number of aliphatic hydroxyl groups is 1. The molecule has 7 nitrogen and oxygen atoms in total. The summed E-state index contributed by atoms with van der Waals surface area (Å²) in [6.07, 6.45) is 2.52. The zero-order chi connectivity index (χ0) is 19.1. The summed E-state index contributed by atoms with van der Waals surface area (Å²) in [5.74, 6) is -2.25. The number of rotatable bonds is 4. The third kappa shape index (κ3) is 3.40. The highest BCUT2D eigenvalue weighted by molar-refractivity contribution is 5.74. The lowest BCUT2D eigenvalue weighted by atomic mass is 9.83. The summed E-state index contributed by atoms with van der Waals surface area (Å²) in [7, 11) is 1.54. The first-order valence-corrected chi connectivity index (χ1v) is 9.19. The molecule has 26 heavy (non-hydrogen) atoms. The van der Waals surface area contributed by atoms with Crippen molar-refractivity contribution in [1.29, 1.82) is 0 Å². The summed E-state index contributed by atoms with van der Waals surface area (Å²) in [6, 6.07) is 0. The Bertz CT molecular complexity index is 613. The number of esters is 2. The third-order valence-corrected chi connectivity index (χ3v) is 5.69. The van der Waals surface area contributed by atoms with Gasteiger partial charge in [0.1, 0.15) is 12.2 Å². The van der Waals surface area contributed by atoms with E-state index in [9.17, 15) is 14.7 Å². The molecule has 5 atom stereocenters. The Morgan fingerprint density at radius 2 is 2.15 bits per heavy atom. The molecule has 0 radical (unpaired) electrons. The maximum absolute atomic E-state index is 12.2. The van der Waals surface area contributed by atoms with E-state index in [0.29, 0.717) is 24.8 Å². The van der Waals surface area contributed by atoms with Gasteiger partial charge in [-0.1, -0.05) is 13.8 Å². The lowest BCUT2D eigenvalue weighted by Gasteiger charge is -2.34. The fraction of sp³-hybridized carbons (Fsp3) is 0.789. The van der Waals surface area contributed by atoms with E-state index in [1.165, 1.54) is 0 Å². The summed E-state index contributed by atoms with van der Waals surface area (Å²) in [5.41, 5.74) is -0.0449. The van der Waals surface area contributed by atoms with Gasteiger partial charge in [0.15, 0.2) is 5.79 Å². The van der Waals surface area contributed by atoms with Gasteiger partial charge in [-0.2, -0.15) is 0 Å². The molecule has 0 saturated carbocycles. The average Bonchev–Trinajstić information content (AvgIpc) is 3.12. The van der Waals surface area contributed by atoms with Crippen molar-refractivity contribution in [1.82, 2.24) is 0 Å². The summed E-state index contributed by atoms with van der Waals surface area (Å²) in [6.45, 7) is 5.25. The molecule has 2 saturated heterocycles. The normalized spacial score (nSPS) is 41.5. The van der Waals surface area contributed by atoms with Crippen molar-refractivity contribution < 1.29 is 33.6 Å². The molecule has 3 heterocycles. The lowest BCUT2D eigenvalue weighted by Crippen LogP contribution is -2.41. The van der Waals surface area contributed by atoms with E-state index in [2.05, 4.69) is 0 Å². The molecule has 0 aromatic rings. The topological polar surface area (TPSA) is 91.3 Å². The van der Waals surface area contributed by atoms with E-state index in [-0.39, 0.29) is 36.8 Å². The largest absolute Gasteiger partial charge is 0.462 e. The highest BCUT2D eigenvalue weighted by Gasteiger charge is 2.54. The smallest absolute Gasteiger partial charge is 0.308 e. The predicted octanol–water partition coefficient (Wildman–Crippen LogP) is 1.72. The van der Waals surface area contributed by atoms with Gasteiger partial charge < -0.3 is 24.1 Å². The first-order chi connectivity index (χ1) is 12.2. The number of hydrogen-bond donors (Lipinski definition) is 1. The van der Waals surface area contributed by atoms with Crippen LogP contribution in [0.25, 0.3) is 0 Å². The second kappa shape index (κ2) is 6.94. The summed E-state index contributed by atoms with van der Waals surface area (Å²) in [5, 5.41) is 9.92. The molecular formula is C19H28O7. The van der Waals surface area contributed by atoms with Crippen molar-refractivity contribution >= 4 is 11.9 Å². The SMILES string of the molecule is CO[C@]12CC[C@](C)(C[C@@H](OC(=O)C(C)C)[C@H]3CC(=O)O[C@@H]3/C=C\1CO)O2. The van der Waals surface area contributed by atoms with E-state index >= 15 is 0 Å². The molecule has 0 aliphatic carbocycles. The van der Waals surface area contributed by atoms with Crippen LogP contribution >= 0.6 is 0 Å². The first kappa shape index (κ1) is 19.3. The van der Waals surface area contributed by atoms with Gasteiger partial charge in [-0.05, 0) is 19.4 Å². The molecule has 0 aromatic heterocycles. The summed E-state index contributed by atoms with van der Waals surface area (Å²) >= 11 is 0. The van der Waals surface area contributed by atoms with Crippen molar-refractivity contribution in [3.8, 4) is 0 Å². The highest BCUT2D eigenvalue weighted by atomic mass is 16.7. The van der Waals surface area contributed by atoms with Crippen LogP contribution < -0.4 is 0 Å². The van der Waals surface area contributed by atoms with E-state index in [4.69, 9.17) is 18.9 Å². The van der Waals surface area contributed by atoms with Gasteiger partial charge in [-0.25, -0.2) is 0 Å². The Hall–Kier alpha value is -1.44. The van der Waals surface area contributed by atoms with Crippen LogP contribution in [-0.4, -0.2) is 54.4 Å². The van der Waals surface area contributed by atoms with Crippen LogP contribution in [0.5, 0.6) is 0 Å². The van der Waals surface area contributed by atoms with Crippen molar-refractivity contribution in [3.63, 3.8) is 0 Å². The lowest BCUT2D eigenvalue weighted by molar-refractivity contribution is -0.221. The van der Waals surface area contributed by atoms with Crippen LogP contribution in [0.4, 0.5) is 0 Å². The van der Waals surface area contributed by atoms with Gasteiger partial charge >= 0.3 is 11.9 Å². The zero-order valence-electron chi connectivity index (χ0n) is 15.8. The molecule has 146 valence electrons. The number of hydrogen-bond acceptors (Lipinski definition) is 7. The Morgan fingerprint density at radius 1 is 1.42 bits per heavy atom. The molecule has 0 amide bonds. The van der Waals surface area contributed by atoms with Crippen LogP contribution in [0.15, 0.2) is 11.6 Å². The standard InChI is InChI=1S/C19H28O7/c1-11(2)17(22)25-15-9-18(3)5-6-19(23-4,26-18)12(10-20)7-14-13(15)8-16(21)24-14/h7,11,13-15,20H,5-6,8-10H2,1-4H3/b12-7-/t13-,14+,15+,18+,19-/m0/s1. The molecule has 7 heteroatoms. The molecule has 2 bridgehead atoms. The Labute approximate surface area is 153 Å². The van der Waals surface area contributed by atoms with Crippen molar-refractivity contribution in [2.75, 3.05) is 13.7 Å². The van der Waals surface area contributed by atoms with Gasteiger partial charge in [0.2, 0.25) is 0 Å². The quantitative estimate of drug-likeness (QED) is 0.597. The molecule has 0 aromatic carbocycles. The third-order valence-electron chi connectivity index (χ3n) is 5.69. The van der Waals surface area contributed by atoms with Gasteiger partial charge in [-0.3, -0.25) is 9.59 Å². The molecule has 0 spiro atoms. The minimum Gasteiger partial charge on any atom is -0.462 e. The van der Waals surface area contributed by atoms with Crippen LogP contribution in [0, 0.1) is 11.8 Å². The fourth-order valence-corrected chi connectivity index (χ4v) is 4.16. The van der Waals surface area contributed by atoms with E-state index in [0.717, 1.165) is 0 Å². The second-order valence-electron chi connectivity index (χ2n) is 8.02. The molecule has 0 unspecified atom stereocenters. The predicted molar refractivity (Wildman–Crippen MR) is 91.0 cm³/mol. The molecule has 3 aliphatic rings. The van der Waals surface area contributed by atoms with Gasteiger partial charge in [0.05, 0.1) is 24.5 Å².